The van der Waals surface area contributed by atoms with Crippen molar-refractivity contribution < 1.29 is 8.42 Å². The molecule has 0 aliphatic carbocycles. The topological polar surface area (TPSA) is 49.4 Å². The number of benzene rings is 1. The Morgan fingerprint density at radius 1 is 1.44 bits per heavy atom. The Hall–Kier alpha value is -0.910. The fourth-order valence-corrected chi connectivity index (χ4v) is 3.64. The zero-order chi connectivity index (χ0) is 13.2. The fraction of sp³-hybridized carbons (Fsp3) is 0.538. The number of nitrogens with one attached hydrogen (secondary N) is 1. The van der Waals surface area contributed by atoms with E-state index < -0.39 is 10.0 Å². The molecule has 1 aliphatic heterocycles. The van der Waals surface area contributed by atoms with Gasteiger partial charge in [0.1, 0.15) is 0 Å². The predicted molar refractivity (Wildman–Crippen MR) is 72.0 cm³/mol. The van der Waals surface area contributed by atoms with Crippen molar-refractivity contribution in [2.24, 2.45) is 5.92 Å². The minimum atomic E-state index is -3.34. The third-order valence-corrected chi connectivity index (χ3v) is 5.19. The lowest BCUT2D eigenvalue weighted by Gasteiger charge is -2.20. The minimum Gasteiger partial charge on any atom is -0.316 e. The lowest BCUT2D eigenvalue weighted by Crippen LogP contribution is -2.32. The molecule has 5 heteroatoms. The van der Waals surface area contributed by atoms with E-state index in [1.165, 1.54) is 4.31 Å². The van der Waals surface area contributed by atoms with Crippen molar-refractivity contribution in [2.45, 2.75) is 18.2 Å². The van der Waals surface area contributed by atoms with Gasteiger partial charge in [-0.05, 0) is 50.0 Å². The molecule has 0 bridgehead atoms. The van der Waals surface area contributed by atoms with E-state index in [0.717, 1.165) is 25.1 Å². The molecule has 4 nitrogen and oxygen atoms in total. The Balaban J connectivity index is 2.14. The molecule has 1 heterocycles. The Kier molecular flexibility index (Phi) is 4.04. The molecule has 1 saturated heterocycles. The molecule has 0 saturated carbocycles. The maximum atomic E-state index is 12.4. The van der Waals surface area contributed by atoms with E-state index in [2.05, 4.69) is 5.32 Å². The van der Waals surface area contributed by atoms with Gasteiger partial charge in [0.2, 0.25) is 10.0 Å². The van der Waals surface area contributed by atoms with Crippen LogP contribution in [0.15, 0.2) is 29.2 Å². The monoisotopic (exact) mass is 268 g/mol. The Morgan fingerprint density at radius 2 is 2.22 bits per heavy atom. The first-order chi connectivity index (χ1) is 8.50. The molecule has 18 heavy (non-hydrogen) atoms. The number of aryl methyl sites for hydroxylation is 1. The van der Waals surface area contributed by atoms with Gasteiger partial charge < -0.3 is 5.32 Å². The van der Waals surface area contributed by atoms with Crippen LogP contribution in [-0.4, -0.2) is 39.4 Å². The first-order valence-corrected chi connectivity index (χ1v) is 7.68. The van der Waals surface area contributed by atoms with Crippen molar-refractivity contribution in [3.63, 3.8) is 0 Å². The number of sulfonamides is 1. The van der Waals surface area contributed by atoms with Crippen LogP contribution >= 0.6 is 0 Å². The van der Waals surface area contributed by atoms with Gasteiger partial charge in [0.15, 0.2) is 0 Å². The van der Waals surface area contributed by atoms with Crippen LogP contribution in [-0.2, 0) is 10.0 Å². The lowest BCUT2D eigenvalue weighted by atomic mass is 10.1. The van der Waals surface area contributed by atoms with Gasteiger partial charge in [0.05, 0.1) is 4.90 Å². The van der Waals surface area contributed by atoms with Crippen LogP contribution in [0, 0.1) is 12.8 Å². The molecule has 1 atom stereocenters. The zero-order valence-corrected chi connectivity index (χ0v) is 11.7. The van der Waals surface area contributed by atoms with Crippen LogP contribution in [0.4, 0.5) is 0 Å². The molecule has 1 fully saturated rings. The molecule has 1 aliphatic rings. The maximum absolute atomic E-state index is 12.4. The SMILES string of the molecule is Cc1cccc(S(=O)(=O)N(C)CC2CCNC2)c1. The normalized spacial score (nSPS) is 20.5. The second kappa shape index (κ2) is 5.38. The first kappa shape index (κ1) is 13.5. The molecule has 0 spiro atoms. The van der Waals surface area contributed by atoms with E-state index >= 15 is 0 Å². The van der Waals surface area contributed by atoms with Gasteiger partial charge in [-0.25, -0.2) is 12.7 Å². The van der Waals surface area contributed by atoms with Crippen LogP contribution in [0.2, 0.25) is 0 Å². The lowest BCUT2D eigenvalue weighted by molar-refractivity contribution is 0.399. The average Bonchev–Trinajstić information content (AvgIpc) is 2.81. The van der Waals surface area contributed by atoms with Crippen LogP contribution in [0.1, 0.15) is 12.0 Å². The summed E-state index contributed by atoms with van der Waals surface area (Å²) in [5.74, 6) is 0.426. The van der Waals surface area contributed by atoms with Gasteiger partial charge in [-0.1, -0.05) is 12.1 Å². The summed E-state index contributed by atoms with van der Waals surface area (Å²) < 4.78 is 26.2. The Bertz CT molecular complexity index is 507. The number of nitrogens with zero attached hydrogens (tertiary/aromatic N) is 1. The standard InChI is InChI=1S/C13H20N2O2S/c1-11-4-3-5-13(8-11)18(16,17)15(2)10-12-6-7-14-9-12/h3-5,8,12,14H,6-7,9-10H2,1-2H3. The van der Waals surface area contributed by atoms with Crippen molar-refractivity contribution in [1.82, 2.24) is 9.62 Å². The summed E-state index contributed by atoms with van der Waals surface area (Å²) in [4.78, 5) is 0.385. The molecule has 1 aromatic rings. The second-order valence-corrected chi connectivity index (χ2v) is 7.01. The van der Waals surface area contributed by atoms with Crippen LogP contribution in [0.25, 0.3) is 0 Å². The molecular formula is C13H20N2O2S. The highest BCUT2D eigenvalue weighted by Crippen LogP contribution is 2.18. The molecule has 1 N–H and O–H groups in total. The fourth-order valence-electron chi connectivity index (χ4n) is 2.29. The molecule has 0 radical (unpaired) electrons. The van der Waals surface area contributed by atoms with Crippen molar-refractivity contribution in [3.05, 3.63) is 29.8 Å². The highest BCUT2D eigenvalue weighted by molar-refractivity contribution is 7.89. The van der Waals surface area contributed by atoms with E-state index in [9.17, 15) is 8.42 Å². The van der Waals surface area contributed by atoms with Crippen molar-refractivity contribution in [2.75, 3.05) is 26.7 Å². The van der Waals surface area contributed by atoms with E-state index in [0.29, 0.717) is 17.4 Å². The largest absolute Gasteiger partial charge is 0.316 e. The molecule has 1 aromatic carbocycles. The van der Waals surface area contributed by atoms with Gasteiger partial charge in [-0.15, -0.1) is 0 Å². The Labute approximate surface area is 109 Å². The third-order valence-electron chi connectivity index (χ3n) is 3.38. The minimum absolute atomic E-state index is 0.385. The smallest absolute Gasteiger partial charge is 0.242 e. The van der Waals surface area contributed by atoms with Gasteiger partial charge in [0.25, 0.3) is 0 Å². The summed E-state index contributed by atoms with van der Waals surface area (Å²) in [6.45, 7) is 4.39. The van der Waals surface area contributed by atoms with E-state index in [1.807, 2.05) is 13.0 Å². The predicted octanol–water partition coefficient (Wildman–Crippen LogP) is 1.23. The van der Waals surface area contributed by atoms with E-state index in [-0.39, 0.29) is 0 Å². The van der Waals surface area contributed by atoms with Crippen molar-refractivity contribution in [1.29, 1.82) is 0 Å². The van der Waals surface area contributed by atoms with Crippen LogP contribution in [0.3, 0.4) is 0 Å². The Morgan fingerprint density at radius 3 is 2.83 bits per heavy atom. The van der Waals surface area contributed by atoms with Crippen molar-refractivity contribution in [3.8, 4) is 0 Å². The highest BCUT2D eigenvalue weighted by atomic mass is 32.2. The third kappa shape index (κ3) is 2.91. The summed E-state index contributed by atoms with van der Waals surface area (Å²) in [5, 5.41) is 3.26. The highest BCUT2D eigenvalue weighted by Gasteiger charge is 2.25. The average molecular weight is 268 g/mol. The summed E-state index contributed by atoms with van der Waals surface area (Å²) in [6.07, 6.45) is 1.05. The molecule has 100 valence electrons. The molecule has 0 amide bonds. The first-order valence-electron chi connectivity index (χ1n) is 6.24. The molecule has 1 unspecified atom stereocenters. The molecule has 0 aromatic heterocycles. The van der Waals surface area contributed by atoms with Gasteiger partial charge >= 0.3 is 0 Å². The van der Waals surface area contributed by atoms with Gasteiger partial charge in [-0.3, -0.25) is 0 Å². The zero-order valence-electron chi connectivity index (χ0n) is 10.9. The van der Waals surface area contributed by atoms with Gasteiger partial charge in [0, 0.05) is 13.6 Å². The van der Waals surface area contributed by atoms with E-state index in [4.69, 9.17) is 0 Å². The van der Waals surface area contributed by atoms with Crippen LogP contribution < -0.4 is 5.32 Å². The molecule has 2 rings (SSSR count). The quantitative estimate of drug-likeness (QED) is 0.893. The summed E-state index contributed by atoms with van der Waals surface area (Å²) in [6, 6.07) is 7.07. The number of hydrogen-bond donors (Lipinski definition) is 1. The van der Waals surface area contributed by atoms with Gasteiger partial charge in [-0.2, -0.15) is 0 Å². The maximum Gasteiger partial charge on any atom is 0.242 e. The molecular weight excluding hydrogens is 248 g/mol. The number of rotatable bonds is 4. The second-order valence-electron chi connectivity index (χ2n) is 4.96. The van der Waals surface area contributed by atoms with Crippen LogP contribution in [0.5, 0.6) is 0 Å². The summed E-state index contributed by atoms with van der Waals surface area (Å²) in [7, 11) is -1.68. The summed E-state index contributed by atoms with van der Waals surface area (Å²) >= 11 is 0. The summed E-state index contributed by atoms with van der Waals surface area (Å²) in [5.41, 5.74) is 0.965. The number of hydrogen-bond acceptors (Lipinski definition) is 3. The van der Waals surface area contributed by atoms with Crippen molar-refractivity contribution >= 4 is 10.0 Å². The van der Waals surface area contributed by atoms with E-state index in [1.54, 1.807) is 25.2 Å².